The van der Waals surface area contributed by atoms with Crippen molar-refractivity contribution in [1.82, 2.24) is 0 Å². The number of hydrogen-bond acceptors (Lipinski definition) is 4. The van der Waals surface area contributed by atoms with Crippen LogP contribution in [0.15, 0.2) is 36.4 Å². The summed E-state index contributed by atoms with van der Waals surface area (Å²) in [4.78, 5) is 0. The van der Waals surface area contributed by atoms with Crippen LogP contribution in [0.3, 0.4) is 0 Å². The lowest BCUT2D eigenvalue weighted by Crippen LogP contribution is -2.11. The van der Waals surface area contributed by atoms with E-state index in [-0.39, 0.29) is 11.5 Å². The number of rotatable bonds is 4. The molecule has 0 aliphatic carbocycles. The van der Waals surface area contributed by atoms with Gasteiger partial charge >= 0.3 is 7.69 Å². The normalized spacial score (nSPS) is 10.0. The predicted molar refractivity (Wildman–Crippen MR) is 72.7 cm³/mol. The molecule has 0 amide bonds. The van der Waals surface area contributed by atoms with Crippen molar-refractivity contribution < 1.29 is 19.5 Å². The van der Waals surface area contributed by atoms with E-state index in [9.17, 15) is 10.2 Å². The second kappa shape index (κ2) is 5.56. The summed E-state index contributed by atoms with van der Waals surface area (Å²) in [5.74, 6) is 0.728. The summed E-state index contributed by atoms with van der Waals surface area (Å²) in [6.07, 6.45) is 0. The minimum Gasteiger partial charge on any atom is -0.524 e. The van der Waals surface area contributed by atoms with E-state index in [1.54, 1.807) is 50.2 Å². The Balaban J connectivity index is 2.00. The number of hydrogen-bond donors (Lipinski definition) is 2. The van der Waals surface area contributed by atoms with E-state index >= 15 is 0 Å². The molecule has 2 aromatic rings. The van der Waals surface area contributed by atoms with Crippen LogP contribution in [0.2, 0.25) is 0 Å². The van der Waals surface area contributed by atoms with Crippen LogP contribution in [0.5, 0.6) is 23.0 Å². The Hall–Kier alpha value is -2.30. The molecule has 0 saturated carbocycles. The average molecular weight is 257 g/mol. The smallest absolute Gasteiger partial charge is 0.524 e. The van der Waals surface area contributed by atoms with Crippen LogP contribution >= 0.6 is 0 Å². The van der Waals surface area contributed by atoms with E-state index in [0.717, 1.165) is 7.69 Å². The third-order valence-electron chi connectivity index (χ3n) is 2.75. The molecule has 5 heteroatoms. The van der Waals surface area contributed by atoms with Crippen molar-refractivity contribution in [2.24, 2.45) is 0 Å². The molecule has 0 spiro atoms. The molecule has 2 N–H and O–H groups in total. The number of benzene rings is 2. The Labute approximate surface area is 112 Å². The fourth-order valence-corrected chi connectivity index (χ4v) is 1.58. The molecule has 0 aromatic heterocycles. The zero-order chi connectivity index (χ0) is 13.8. The molecule has 0 saturated heterocycles. The van der Waals surface area contributed by atoms with Crippen molar-refractivity contribution >= 4 is 7.69 Å². The molecule has 0 heterocycles. The summed E-state index contributed by atoms with van der Waals surface area (Å²) in [5, 5.41) is 19.5. The Morgan fingerprint density at radius 2 is 1.21 bits per heavy atom. The highest BCUT2D eigenvalue weighted by Gasteiger charge is 2.10. The van der Waals surface area contributed by atoms with Crippen LogP contribution in [0.1, 0.15) is 11.1 Å². The molecule has 0 aliphatic rings. The predicted octanol–water partition coefficient (Wildman–Crippen LogP) is 2.71. The number of phenolic OH excluding ortho intramolecular Hbond substituents is 2. The maximum Gasteiger partial charge on any atom is 0.658 e. The molecule has 0 aliphatic heterocycles. The number of aromatic hydroxyl groups is 2. The number of phenols is 2. The quantitative estimate of drug-likeness (QED) is 0.827. The molecule has 0 unspecified atom stereocenters. The lowest BCUT2D eigenvalue weighted by atomic mass is 10.2. The van der Waals surface area contributed by atoms with Crippen molar-refractivity contribution in [2.45, 2.75) is 13.8 Å². The fraction of sp³-hybridized carbons (Fsp3) is 0.143. The van der Waals surface area contributed by atoms with Gasteiger partial charge in [-0.2, -0.15) is 0 Å². The van der Waals surface area contributed by atoms with Crippen molar-refractivity contribution in [2.75, 3.05) is 0 Å². The third-order valence-corrected chi connectivity index (χ3v) is 2.75. The van der Waals surface area contributed by atoms with Crippen molar-refractivity contribution in [3.8, 4) is 23.0 Å². The van der Waals surface area contributed by atoms with Gasteiger partial charge in [0.2, 0.25) is 0 Å². The molecular weight excluding hydrogens is 243 g/mol. The molecule has 2 rings (SSSR count). The summed E-state index contributed by atoms with van der Waals surface area (Å²) in [6, 6.07) is 10.3. The Morgan fingerprint density at radius 3 is 1.63 bits per heavy atom. The van der Waals surface area contributed by atoms with Gasteiger partial charge in [-0.05, 0) is 37.1 Å². The van der Waals surface area contributed by atoms with Crippen LogP contribution in [0, 0.1) is 13.8 Å². The number of para-hydroxylation sites is 2. The molecule has 0 atom stereocenters. The van der Waals surface area contributed by atoms with E-state index in [4.69, 9.17) is 9.31 Å². The molecular formula is C14H14BO4. The van der Waals surface area contributed by atoms with E-state index < -0.39 is 0 Å². The first kappa shape index (κ1) is 13.1. The second-order valence-corrected chi connectivity index (χ2v) is 4.18. The first-order valence-corrected chi connectivity index (χ1v) is 5.81. The standard InChI is InChI=1S/C14H14BO4/c1-9-5-3-7-11(13(9)16)18-15-19-12-8-4-6-10(2)14(12)17/h3-8,16-17H,1-2H3. The Kier molecular flexibility index (Phi) is 3.85. The van der Waals surface area contributed by atoms with Crippen LogP contribution < -0.4 is 9.31 Å². The maximum absolute atomic E-state index is 9.74. The highest BCUT2D eigenvalue weighted by Crippen LogP contribution is 2.30. The lowest BCUT2D eigenvalue weighted by Gasteiger charge is -2.10. The second-order valence-electron chi connectivity index (χ2n) is 4.18. The van der Waals surface area contributed by atoms with Crippen LogP contribution in [0.25, 0.3) is 0 Å². The molecule has 97 valence electrons. The fourth-order valence-electron chi connectivity index (χ4n) is 1.58. The van der Waals surface area contributed by atoms with Crippen molar-refractivity contribution in [3.05, 3.63) is 47.5 Å². The van der Waals surface area contributed by atoms with E-state index in [1.807, 2.05) is 0 Å². The monoisotopic (exact) mass is 257 g/mol. The first-order chi connectivity index (χ1) is 9.09. The Bertz CT molecular complexity index is 532. The summed E-state index contributed by atoms with van der Waals surface area (Å²) in [5.41, 5.74) is 1.42. The van der Waals surface area contributed by atoms with Gasteiger partial charge < -0.3 is 19.5 Å². The van der Waals surface area contributed by atoms with Gasteiger partial charge in [0, 0.05) is 0 Å². The van der Waals surface area contributed by atoms with Gasteiger partial charge in [0.1, 0.15) is 11.5 Å². The van der Waals surface area contributed by atoms with Gasteiger partial charge in [-0.15, -0.1) is 0 Å². The molecule has 2 aromatic carbocycles. The molecule has 4 nitrogen and oxygen atoms in total. The molecule has 0 fully saturated rings. The van der Waals surface area contributed by atoms with Gasteiger partial charge in [-0.25, -0.2) is 0 Å². The van der Waals surface area contributed by atoms with Crippen LogP contribution in [0.4, 0.5) is 0 Å². The number of aryl methyl sites for hydroxylation is 2. The van der Waals surface area contributed by atoms with E-state index in [0.29, 0.717) is 22.6 Å². The van der Waals surface area contributed by atoms with E-state index in [2.05, 4.69) is 0 Å². The summed E-state index contributed by atoms with van der Waals surface area (Å²) in [6.45, 7) is 3.55. The minimum atomic E-state index is 0.0656. The summed E-state index contributed by atoms with van der Waals surface area (Å²) < 4.78 is 10.4. The molecule has 1 radical (unpaired) electrons. The Morgan fingerprint density at radius 1 is 0.789 bits per heavy atom. The van der Waals surface area contributed by atoms with Crippen LogP contribution in [-0.4, -0.2) is 17.9 Å². The van der Waals surface area contributed by atoms with Crippen LogP contribution in [-0.2, 0) is 0 Å². The third kappa shape index (κ3) is 2.93. The van der Waals surface area contributed by atoms with Gasteiger partial charge in [0.05, 0.1) is 0 Å². The van der Waals surface area contributed by atoms with E-state index in [1.165, 1.54) is 0 Å². The van der Waals surface area contributed by atoms with Gasteiger partial charge in [0.15, 0.2) is 11.5 Å². The zero-order valence-corrected chi connectivity index (χ0v) is 10.8. The summed E-state index contributed by atoms with van der Waals surface area (Å²) >= 11 is 0. The van der Waals surface area contributed by atoms with Gasteiger partial charge in [-0.3, -0.25) is 0 Å². The average Bonchev–Trinajstić information content (AvgIpc) is 2.39. The SMILES string of the molecule is Cc1cccc(O[B]Oc2cccc(C)c2O)c1O. The van der Waals surface area contributed by atoms with Crippen molar-refractivity contribution in [3.63, 3.8) is 0 Å². The zero-order valence-electron chi connectivity index (χ0n) is 10.8. The first-order valence-electron chi connectivity index (χ1n) is 5.81. The largest absolute Gasteiger partial charge is 0.658 e. The topological polar surface area (TPSA) is 58.9 Å². The lowest BCUT2D eigenvalue weighted by molar-refractivity contribution is 0.395. The van der Waals surface area contributed by atoms with Gasteiger partial charge in [0.25, 0.3) is 0 Å². The van der Waals surface area contributed by atoms with Gasteiger partial charge in [-0.1, -0.05) is 24.3 Å². The minimum absolute atomic E-state index is 0.0656. The highest BCUT2D eigenvalue weighted by molar-refractivity contribution is 6.21. The maximum atomic E-state index is 9.74. The molecule has 0 bridgehead atoms. The summed E-state index contributed by atoms with van der Waals surface area (Å²) in [7, 11) is 1.07. The highest BCUT2D eigenvalue weighted by atomic mass is 16.6. The molecule has 19 heavy (non-hydrogen) atoms. The van der Waals surface area contributed by atoms with Crippen molar-refractivity contribution in [1.29, 1.82) is 0 Å².